The smallest absolute Gasteiger partial charge is 0.229 e. The standard InChI is InChI=1S/C17H29N5O2.HI/c1-3-10-21-11-7-14(8-12-21)20-17(18-2)19-9-13-22-15(23)5-4-6-16(22)24;/h3,14H,1,4-13H2,2H3,(H2,18,19,20);1H. The number of hydrogen-bond donors (Lipinski definition) is 2. The maximum Gasteiger partial charge on any atom is 0.229 e. The summed E-state index contributed by atoms with van der Waals surface area (Å²) < 4.78 is 0. The SMILES string of the molecule is C=CCN1CCC(NC(=NC)NCCN2C(=O)CCCC2=O)CC1.I. The quantitative estimate of drug-likeness (QED) is 0.202. The van der Waals surface area contributed by atoms with Crippen molar-refractivity contribution in [3.8, 4) is 0 Å². The van der Waals surface area contributed by atoms with Crippen molar-refractivity contribution in [2.24, 2.45) is 4.99 Å². The van der Waals surface area contributed by atoms with Crippen molar-refractivity contribution < 1.29 is 9.59 Å². The number of guanidine groups is 1. The van der Waals surface area contributed by atoms with Crippen LogP contribution in [0.3, 0.4) is 0 Å². The van der Waals surface area contributed by atoms with Crippen LogP contribution < -0.4 is 10.6 Å². The van der Waals surface area contributed by atoms with Gasteiger partial charge in [0.2, 0.25) is 11.8 Å². The third kappa shape index (κ3) is 6.93. The summed E-state index contributed by atoms with van der Waals surface area (Å²) in [6.07, 6.45) is 5.70. The molecule has 142 valence electrons. The molecule has 0 spiro atoms. The Morgan fingerprint density at radius 3 is 2.48 bits per heavy atom. The van der Waals surface area contributed by atoms with Crippen molar-refractivity contribution in [2.45, 2.75) is 38.1 Å². The average molecular weight is 463 g/mol. The normalized spacial score (nSPS) is 20.2. The molecule has 0 aliphatic carbocycles. The lowest BCUT2D eigenvalue weighted by Gasteiger charge is -2.32. The van der Waals surface area contributed by atoms with E-state index < -0.39 is 0 Å². The molecule has 0 aromatic rings. The van der Waals surface area contributed by atoms with Crippen molar-refractivity contribution in [3.05, 3.63) is 12.7 Å². The van der Waals surface area contributed by atoms with Gasteiger partial charge in [0.05, 0.1) is 0 Å². The van der Waals surface area contributed by atoms with Gasteiger partial charge in [0.1, 0.15) is 0 Å². The highest BCUT2D eigenvalue weighted by Gasteiger charge is 2.25. The van der Waals surface area contributed by atoms with E-state index >= 15 is 0 Å². The molecule has 0 saturated carbocycles. The molecular formula is C17H30IN5O2. The summed E-state index contributed by atoms with van der Waals surface area (Å²) in [5.74, 6) is 0.602. The minimum absolute atomic E-state index is 0. The third-order valence-corrected chi connectivity index (χ3v) is 4.55. The van der Waals surface area contributed by atoms with E-state index in [1.54, 1.807) is 7.05 Å². The number of imide groups is 1. The Hall–Kier alpha value is -1.16. The molecule has 0 aromatic heterocycles. The number of nitrogens with one attached hydrogen (secondary N) is 2. The summed E-state index contributed by atoms with van der Waals surface area (Å²) in [7, 11) is 1.74. The summed E-state index contributed by atoms with van der Waals surface area (Å²) in [4.78, 5) is 31.5. The van der Waals surface area contributed by atoms with Gasteiger partial charge in [-0.1, -0.05) is 6.08 Å². The fraction of sp³-hybridized carbons (Fsp3) is 0.706. The van der Waals surface area contributed by atoms with Crippen LogP contribution in [0.5, 0.6) is 0 Å². The molecule has 2 fully saturated rings. The summed E-state index contributed by atoms with van der Waals surface area (Å²) in [6, 6.07) is 0.399. The first-order chi connectivity index (χ1) is 11.6. The molecule has 8 heteroatoms. The fourth-order valence-corrected chi connectivity index (χ4v) is 3.17. The molecule has 0 atom stereocenters. The van der Waals surface area contributed by atoms with Gasteiger partial charge in [0, 0.05) is 58.7 Å². The highest BCUT2D eigenvalue weighted by molar-refractivity contribution is 14.0. The molecule has 0 radical (unpaired) electrons. The number of piperidine rings is 2. The molecule has 2 amide bonds. The minimum atomic E-state index is -0.0643. The largest absolute Gasteiger partial charge is 0.355 e. The van der Waals surface area contributed by atoms with Gasteiger partial charge in [-0.3, -0.25) is 24.4 Å². The van der Waals surface area contributed by atoms with Crippen LogP contribution in [0.1, 0.15) is 32.1 Å². The molecule has 7 nitrogen and oxygen atoms in total. The molecule has 25 heavy (non-hydrogen) atoms. The van der Waals surface area contributed by atoms with Crippen LogP contribution in [0.4, 0.5) is 0 Å². The Kier molecular flexibility index (Phi) is 10.0. The lowest BCUT2D eigenvalue weighted by atomic mass is 10.1. The lowest BCUT2D eigenvalue weighted by molar-refractivity contribution is -0.147. The van der Waals surface area contributed by atoms with E-state index in [1.807, 2.05) is 6.08 Å². The number of carbonyl (C=O) groups excluding carboxylic acids is 2. The number of rotatable bonds is 6. The Bertz CT molecular complexity index is 473. The molecule has 0 bridgehead atoms. The lowest BCUT2D eigenvalue weighted by Crippen LogP contribution is -2.50. The van der Waals surface area contributed by atoms with Gasteiger partial charge in [-0.2, -0.15) is 0 Å². The van der Waals surface area contributed by atoms with Crippen LogP contribution in [0.2, 0.25) is 0 Å². The molecule has 2 N–H and O–H groups in total. The Balaban J connectivity index is 0.00000312. The van der Waals surface area contributed by atoms with Crippen molar-refractivity contribution in [1.29, 1.82) is 0 Å². The van der Waals surface area contributed by atoms with E-state index in [0.29, 0.717) is 38.4 Å². The predicted molar refractivity (Wildman–Crippen MR) is 110 cm³/mol. The molecule has 0 aromatic carbocycles. The highest BCUT2D eigenvalue weighted by atomic mass is 127. The molecule has 2 saturated heterocycles. The zero-order chi connectivity index (χ0) is 17.4. The number of likely N-dealkylation sites (tertiary alicyclic amines) is 2. The number of aliphatic imine (C=N–C) groups is 1. The number of amides is 2. The van der Waals surface area contributed by atoms with Crippen LogP contribution in [0.15, 0.2) is 17.6 Å². The third-order valence-electron chi connectivity index (χ3n) is 4.55. The summed E-state index contributed by atoms with van der Waals surface area (Å²) in [5, 5.41) is 6.63. The van der Waals surface area contributed by atoms with Crippen LogP contribution in [0, 0.1) is 0 Å². The van der Waals surface area contributed by atoms with Gasteiger partial charge in [0.25, 0.3) is 0 Å². The van der Waals surface area contributed by atoms with Crippen LogP contribution >= 0.6 is 24.0 Å². The first-order valence-corrected chi connectivity index (χ1v) is 8.77. The maximum atomic E-state index is 11.8. The fourth-order valence-electron chi connectivity index (χ4n) is 3.17. The van der Waals surface area contributed by atoms with E-state index in [0.717, 1.165) is 38.4 Å². The van der Waals surface area contributed by atoms with Gasteiger partial charge in [0.15, 0.2) is 5.96 Å². The van der Waals surface area contributed by atoms with E-state index in [9.17, 15) is 9.59 Å². The van der Waals surface area contributed by atoms with Crippen molar-refractivity contribution >= 4 is 41.8 Å². The summed E-state index contributed by atoms with van der Waals surface area (Å²) in [6.45, 7) is 7.75. The minimum Gasteiger partial charge on any atom is -0.355 e. The molecule has 2 aliphatic rings. The van der Waals surface area contributed by atoms with Gasteiger partial charge in [-0.15, -0.1) is 30.6 Å². The first kappa shape index (κ1) is 21.9. The molecule has 2 rings (SSSR count). The van der Waals surface area contributed by atoms with Crippen LogP contribution in [-0.4, -0.2) is 73.4 Å². The Morgan fingerprint density at radius 2 is 1.92 bits per heavy atom. The zero-order valence-corrected chi connectivity index (χ0v) is 17.3. The Labute approximate surface area is 167 Å². The molecule has 2 heterocycles. The van der Waals surface area contributed by atoms with Gasteiger partial charge in [-0.25, -0.2) is 0 Å². The van der Waals surface area contributed by atoms with Gasteiger partial charge < -0.3 is 10.6 Å². The number of halogens is 1. The van der Waals surface area contributed by atoms with Crippen molar-refractivity contribution in [2.75, 3.05) is 39.8 Å². The second-order valence-corrected chi connectivity index (χ2v) is 6.30. The van der Waals surface area contributed by atoms with Gasteiger partial charge >= 0.3 is 0 Å². The zero-order valence-electron chi connectivity index (χ0n) is 15.0. The second-order valence-electron chi connectivity index (χ2n) is 6.30. The molecule has 2 aliphatic heterocycles. The van der Waals surface area contributed by atoms with Crippen molar-refractivity contribution in [1.82, 2.24) is 20.4 Å². The average Bonchev–Trinajstić information content (AvgIpc) is 2.58. The van der Waals surface area contributed by atoms with E-state index in [2.05, 4.69) is 27.1 Å². The van der Waals surface area contributed by atoms with E-state index in [-0.39, 0.29) is 35.8 Å². The van der Waals surface area contributed by atoms with Crippen LogP contribution in [0.25, 0.3) is 0 Å². The summed E-state index contributed by atoms with van der Waals surface area (Å²) >= 11 is 0. The number of hydrogen-bond acceptors (Lipinski definition) is 4. The first-order valence-electron chi connectivity index (χ1n) is 8.77. The van der Waals surface area contributed by atoms with E-state index in [4.69, 9.17) is 0 Å². The van der Waals surface area contributed by atoms with Crippen LogP contribution in [-0.2, 0) is 9.59 Å². The molecule has 0 unspecified atom stereocenters. The van der Waals surface area contributed by atoms with Crippen molar-refractivity contribution in [3.63, 3.8) is 0 Å². The predicted octanol–water partition coefficient (Wildman–Crippen LogP) is 0.959. The number of carbonyl (C=O) groups is 2. The highest BCUT2D eigenvalue weighted by Crippen LogP contribution is 2.11. The monoisotopic (exact) mass is 463 g/mol. The maximum absolute atomic E-state index is 11.8. The Morgan fingerprint density at radius 1 is 1.28 bits per heavy atom. The topological polar surface area (TPSA) is 77.0 Å². The van der Waals surface area contributed by atoms with Gasteiger partial charge in [-0.05, 0) is 19.3 Å². The summed E-state index contributed by atoms with van der Waals surface area (Å²) in [5.41, 5.74) is 0. The second kappa shape index (κ2) is 11.5. The number of nitrogens with zero attached hydrogens (tertiary/aromatic N) is 3. The molecular weight excluding hydrogens is 433 g/mol. The van der Waals surface area contributed by atoms with E-state index in [1.165, 1.54) is 4.90 Å².